The molecule has 0 spiro atoms. The highest BCUT2D eigenvalue weighted by Gasteiger charge is 2.09. The van der Waals surface area contributed by atoms with Crippen molar-refractivity contribution < 1.29 is 4.39 Å². The SMILES string of the molecule is Cc1cccc(-c2cc(-c3ccccc3F)[nH]n2)c1. The molecule has 1 heterocycles. The van der Waals surface area contributed by atoms with Gasteiger partial charge >= 0.3 is 0 Å². The second-order valence-electron chi connectivity index (χ2n) is 4.52. The number of hydrogen-bond donors (Lipinski definition) is 1. The van der Waals surface area contributed by atoms with Gasteiger partial charge in [-0.3, -0.25) is 5.10 Å². The Kier molecular flexibility index (Phi) is 2.88. The molecule has 0 saturated carbocycles. The first-order chi connectivity index (χ1) is 9.24. The number of nitrogens with zero attached hydrogens (tertiary/aromatic N) is 1. The van der Waals surface area contributed by atoms with Crippen LogP contribution in [-0.2, 0) is 0 Å². The summed E-state index contributed by atoms with van der Waals surface area (Å²) < 4.78 is 13.7. The molecule has 1 aromatic heterocycles. The molecule has 0 amide bonds. The van der Waals surface area contributed by atoms with E-state index in [2.05, 4.69) is 16.3 Å². The lowest BCUT2D eigenvalue weighted by Crippen LogP contribution is -1.82. The first-order valence-corrected chi connectivity index (χ1v) is 6.11. The summed E-state index contributed by atoms with van der Waals surface area (Å²) in [6.45, 7) is 2.04. The minimum Gasteiger partial charge on any atom is -0.277 e. The molecule has 19 heavy (non-hydrogen) atoms. The predicted octanol–water partition coefficient (Wildman–Crippen LogP) is 4.19. The third-order valence-electron chi connectivity index (χ3n) is 3.06. The number of benzene rings is 2. The van der Waals surface area contributed by atoms with Gasteiger partial charge in [0.05, 0.1) is 11.4 Å². The quantitative estimate of drug-likeness (QED) is 0.727. The number of aromatic amines is 1. The van der Waals surface area contributed by atoms with Crippen LogP contribution in [0.25, 0.3) is 22.5 Å². The van der Waals surface area contributed by atoms with Crippen LogP contribution in [0.4, 0.5) is 4.39 Å². The Morgan fingerprint density at radius 3 is 2.63 bits per heavy atom. The van der Waals surface area contributed by atoms with Crippen molar-refractivity contribution >= 4 is 0 Å². The van der Waals surface area contributed by atoms with E-state index in [9.17, 15) is 4.39 Å². The van der Waals surface area contributed by atoms with E-state index in [0.29, 0.717) is 11.3 Å². The predicted molar refractivity (Wildman–Crippen MR) is 74.2 cm³/mol. The molecule has 3 rings (SSSR count). The molecule has 94 valence electrons. The fraction of sp³-hybridized carbons (Fsp3) is 0.0625. The Hall–Kier alpha value is -2.42. The topological polar surface area (TPSA) is 28.7 Å². The summed E-state index contributed by atoms with van der Waals surface area (Å²) >= 11 is 0. The first-order valence-electron chi connectivity index (χ1n) is 6.11. The van der Waals surface area contributed by atoms with E-state index in [0.717, 1.165) is 11.3 Å². The second-order valence-corrected chi connectivity index (χ2v) is 4.52. The molecule has 0 saturated heterocycles. The van der Waals surface area contributed by atoms with Crippen LogP contribution in [0, 0.1) is 12.7 Å². The number of hydrogen-bond acceptors (Lipinski definition) is 1. The Labute approximate surface area is 110 Å². The van der Waals surface area contributed by atoms with Crippen LogP contribution in [0.2, 0.25) is 0 Å². The van der Waals surface area contributed by atoms with Crippen molar-refractivity contribution in [3.05, 3.63) is 66.0 Å². The molecule has 0 aliphatic heterocycles. The van der Waals surface area contributed by atoms with Gasteiger partial charge in [-0.1, -0.05) is 35.9 Å². The lowest BCUT2D eigenvalue weighted by molar-refractivity contribution is 0.630. The van der Waals surface area contributed by atoms with E-state index in [1.165, 1.54) is 11.6 Å². The zero-order valence-electron chi connectivity index (χ0n) is 10.5. The van der Waals surface area contributed by atoms with Crippen LogP contribution in [0.3, 0.4) is 0 Å². The van der Waals surface area contributed by atoms with Gasteiger partial charge < -0.3 is 0 Å². The van der Waals surface area contributed by atoms with Crippen LogP contribution in [0.5, 0.6) is 0 Å². The molecule has 0 atom stereocenters. The Bertz CT molecular complexity index is 716. The fourth-order valence-corrected chi connectivity index (χ4v) is 2.09. The third kappa shape index (κ3) is 2.27. The average molecular weight is 252 g/mol. The lowest BCUT2D eigenvalue weighted by atomic mass is 10.1. The van der Waals surface area contributed by atoms with Crippen LogP contribution in [-0.4, -0.2) is 10.2 Å². The number of halogens is 1. The molecule has 0 fully saturated rings. The van der Waals surface area contributed by atoms with Gasteiger partial charge in [0, 0.05) is 11.1 Å². The molecule has 3 aromatic rings. The van der Waals surface area contributed by atoms with Gasteiger partial charge in [-0.25, -0.2) is 4.39 Å². The van der Waals surface area contributed by atoms with E-state index < -0.39 is 0 Å². The number of aromatic nitrogens is 2. The van der Waals surface area contributed by atoms with Crippen molar-refractivity contribution in [3.8, 4) is 22.5 Å². The minimum atomic E-state index is -0.248. The maximum atomic E-state index is 13.7. The van der Waals surface area contributed by atoms with Crippen molar-refractivity contribution in [2.75, 3.05) is 0 Å². The van der Waals surface area contributed by atoms with Crippen molar-refractivity contribution in [2.24, 2.45) is 0 Å². The van der Waals surface area contributed by atoms with Gasteiger partial charge in [-0.2, -0.15) is 5.10 Å². The van der Waals surface area contributed by atoms with E-state index in [1.54, 1.807) is 12.1 Å². The van der Waals surface area contributed by atoms with Gasteiger partial charge in [0.15, 0.2) is 0 Å². The summed E-state index contributed by atoms with van der Waals surface area (Å²) in [6, 6.07) is 16.6. The van der Waals surface area contributed by atoms with E-state index in [1.807, 2.05) is 37.3 Å². The lowest BCUT2D eigenvalue weighted by Gasteiger charge is -1.98. The van der Waals surface area contributed by atoms with Crippen LogP contribution in [0.15, 0.2) is 54.6 Å². The smallest absolute Gasteiger partial charge is 0.132 e. The average Bonchev–Trinajstić information content (AvgIpc) is 2.89. The summed E-state index contributed by atoms with van der Waals surface area (Å²) in [4.78, 5) is 0. The number of nitrogens with one attached hydrogen (secondary N) is 1. The fourth-order valence-electron chi connectivity index (χ4n) is 2.09. The zero-order valence-corrected chi connectivity index (χ0v) is 10.5. The maximum Gasteiger partial charge on any atom is 0.132 e. The standard InChI is InChI=1S/C16H13FN2/c1-11-5-4-6-12(9-11)15-10-16(19-18-15)13-7-2-3-8-14(13)17/h2-10H,1H3,(H,18,19). The van der Waals surface area contributed by atoms with Crippen molar-refractivity contribution in [1.29, 1.82) is 0 Å². The first kappa shape index (κ1) is 11.7. The summed E-state index contributed by atoms with van der Waals surface area (Å²) in [7, 11) is 0. The normalized spacial score (nSPS) is 10.6. The summed E-state index contributed by atoms with van der Waals surface area (Å²) in [5.41, 5.74) is 4.25. The van der Waals surface area contributed by atoms with Gasteiger partial charge in [-0.15, -0.1) is 0 Å². The third-order valence-corrected chi connectivity index (χ3v) is 3.06. The highest BCUT2D eigenvalue weighted by atomic mass is 19.1. The van der Waals surface area contributed by atoms with E-state index >= 15 is 0 Å². The largest absolute Gasteiger partial charge is 0.277 e. The summed E-state index contributed by atoms with van der Waals surface area (Å²) in [5, 5.41) is 7.14. The Morgan fingerprint density at radius 2 is 1.84 bits per heavy atom. The minimum absolute atomic E-state index is 0.248. The molecule has 2 nitrogen and oxygen atoms in total. The maximum absolute atomic E-state index is 13.7. The van der Waals surface area contributed by atoms with Crippen molar-refractivity contribution in [3.63, 3.8) is 0 Å². The molecular weight excluding hydrogens is 239 g/mol. The van der Waals surface area contributed by atoms with Gasteiger partial charge in [0.25, 0.3) is 0 Å². The van der Waals surface area contributed by atoms with Crippen LogP contribution in [0.1, 0.15) is 5.56 Å². The number of rotatable bonds is 2. The van der Waals surface area contributed by atoms with Crippen LogP contribution < -0.4 is 0 Å². The molecular formula is C16H13FN2. The van der Waals surface area contributed by atoms with Gasteiger partial charge in [0.2, 0.25) is 0 Å². The number of aryl methyl sites for hydroxylation is 1. The Morgan fingerprint density at radius 1 is 1.00 bits per heavy atom. The Balaban J connectivity index is 2.03. The monoisotopic (exact) mass is 252 g/mol. The van der Waals surface area contributed by atoms with E-state index in [4.69, 9.17) is 0 Å². The molecule has 0 aliphatic rings. The zero-order chi connectivity index (χ0) is 13.2. The van der Waals surface area contributed by atoms with Crippen molar-refractivity contribution in [1.82, 2.24) is 10.2 Å². The summed E-state index contributed by atoms with van der Waals surface area (Å²) in [5.74, 6) is -0.248. The number of H-pyrrole nitrogens is 1. The summed E-state index contributed by atoms with van der Waals surface area (Å²) in [6.07, 6.45) is 0. The molecule has 0 radical (unpaired) electrons. The molecule has 0 bridgehead atoms. The van der Waals surface area contributed by atoms with Crippen LogP contribution >= 0.6 is 0 Å². The molecule has 3 heteroatoms. The van der Waals surface area contributed by atoms with E-state index in [-0.39, 0.29) is 5.82 Å². The molecule has 0 aliphatic carbocycles. The molecule has 2 aromatic carbocycles. The van der Waals surface area contributed by atoms with Gasteiger partial charge in [-0.05, 0) is 31.2 Å². The second kappa shape index (κ2) is 4.69. The molecule has 0 unspecified atom stereocenters. The highest BCUT2D eigenvalue weighted by Crippen LogP contribution is 2.25. The van der Waals surface area contributed by atoms with Gasteiger partial charge in [0.1, 0.15) is 5.82 Å². The molecule has 1 N–H and O–H groups in total. The highest BCUT2D eigenvalue weighted by molar-refractivity contribution is 5.68. The van der Waals surface area contributed by atoms with Crippen molar-refractivity contribution in [2.45, 2.75) is 6.92 Å².